The highest BCUT2D eigenvalue weighted by Gasteiger charge is 2.12. The van der Waals surface area contributed by atoms with Crippen LogP contribution >= 0.6 is 11.8 Å². The molecule has 4 rings (SSSR count). The van der Waals surface area contributed by atoms with Gasteiger partial charge in [0.1, 0.15) is 16.7 Å². The molecule has 136 valence electrons. The molecule has 0 aliphatic carbocycles. The lowest BCUT2D eigenvalue weighted by molar-refractivity contribution is 0.578. The van der Waals surface area contributed by atoms with E-state index in [0.717, 1.165) is 32.5 Å². The van der Waals surface area contributed by atoms with Crippen LogP contribution in [0.4, 0.5) is 8.78 Å². The molecule has 0 spiro atoms. The average Bonchev–Trinajstić information content (AvgIpc) is 2.98. The van der Waals surface area contributed by atoms with Crippen molar-refractivity contribution in [2.75, 3.05) is 0 Å². The van der Waals surface area contributed by atoms with E-state index in [1.54, 1.807) is 18.0 Å². The van der Waals surface area contributed by atoms with Gasteiger partial charge in [0.25, 0.3) is 0 Å². The maximum absolute atomic E-state index is 13.6. The molecule has 0 aliphatic rings. The molecule has 0 aliphatic heterocycles. The molecule has 0 bridgehead atoms. The summed E-state index contributed by atoms with van der Waals surface area (Å²) in [5, 5.41) is 1.94. The number of rotatable bonds is 5. The topological polar surface area (TPSA) is 43.8 Å². The maximum Gasteiger partial charge on any atom is 0.126 e. The van der Waals surface area contributed by atoms with Crippen LogP contribution in [-0.4, -0.2) is 9.55 Å². The van der Waals surface area contributed by atoms with Gasteiger partial charge in [-0.25, -0.2) is 13.8 Å². The van der Waals surface area contributed by atoms with Crippen molar-refractivity contribution in [1.29, 1.82) is 0 Å². The molecule has 2 heterocycles. The lowest BCUT2D eigenvalue weighted by Crippen LogP contribution is -2.01. The van der Waals surface area contributed by atoms with Crippen molar-refractivity contribution < 1.29 is 8.78 Å². The Morgan fingerprint density at radius 1 is 0.963 bits per heavy atom. The van der Waals surface area contributed by atoms with Crippen molar-refractivity contribution in [3.05, 3.63) is 89.8 Å². The van der Waals surface area contributed by atoms with Gasteiger partial charge in [-0.15, -0.1) is 0 Å². The van der Waals surface area contributed by atoms with E-state index >= 15 is 0 Å². The summed E-state index contributed by atoms with van der Waals surface area (Å²) < 4.78 is 29.1. The normalized spacial score (nSPS) is 11.2. The Balaban J connectivity index is 1.78. The van der Waals surface area contributed by atoms with Gasteiger partial charge in [0.15, 0.2) is 0 Å². The van der Waals surface area contributed by atoms with Crippen molar-refractivity contribution in [2.45, 2.75) is 23.0 Å². The highest BCUT2D eigenvalue weighted by molar-refractivity contribution is 7.99. The van der Waals surface area contributed by atoms with Gasteiger partial charge in [-0.3, -0.25) is 0 Å². The van der Waals surface area contributed by atoms with Gasteiger partial charge in [0, 0.05) is 47.3 Å². The smallest absolute Gasteiger partial charge is 0.126 e. The molecular formula is C21H17F2N3S. The monoisotopic (exact) mass is 381 g/mol. The molecule has 0 amide bonds. The predicted octanol–water partition coefficient (Wildman–Crippen LogP) is 4.97. The molecule has 0 atom stereocenters. The third kappa shape index (κ3) is 3.86. The second kappa shape index (κ2) is 7.50. The molecule has 0 radical (unpaired) electrons. The summed E-state index contributed by atoms with van der Waals surface area (Å²) in [5.74, 6) is -1.15. The fraction of sp³-hybridized carbons (Fsp3) is 0.0952. The van der Waals surface area contributed by atoms with Gasteiger partial charge in [-0.05, 0) is 41.5 Å². The van der Waals surface area contributed by atoms with Crippen molar-refractivity contribution in [2.24, 2.45) is 5.73 Å². The summed E-state index contributed by atoms with van der Waals surface area (Å²) in [6, 6.07) is 15.4. The van der Waals surface area contributed by atoms with Gasteiger partial charge >= 0.3 is 0 Å². The van der Waals surface area contributed by atoms with Crippen molar-refractivity contribution in [3.8, 4) is 0 Å². The lowest BCUT2D eigenvalue weighted by Gasteiger charge is -2.07. The molecule has 27 heavy (non-hydrogen) atoms. The number of halogens is 2. The fourth-order valence-electron chi connectivity index (χ4n) is 3.06. The predicted molar refractivity (Wildman–Crippen MR) is 104 cm³/mol. The maximum atomic E-state index is 13.6. The molecule has 0 saturated heterocycles. The van der Waals surface area contributed by atoms with Crippen LogP contribution in [0.15, 0.2) is 76.9 Å². The highest BCUT2D eigenvalue weighted by atomic mass is 32.2. The Bertz CT molecular complexity index is 1070. The molecule has 0 fully saturated rings. The Hall–Kier alpha value is -2.70. The highest BCUT2D eigenvalue weighted by Crippen LogP contribution is 2.35. The second-order valence-corrected chi connectivity index (χ2v) is 7.29. The van der Waals surface area contributed by atoms with E-state index in [0.29, 0.717) is 18.7 Å². The average molecular weight is 381 g/mol. The summed E-state index contributed by atoms with van der Waals surface area (Å²) in [5.41, 5.74) is 8.33. The zero-order valence-electron chi connectivity index (χ0n) is 14.4. The van der Waals surface area contributed by atoms with Crippen molar-refractivity contribution in [1.82, 2.24) is 9.55 Å². The molecule has 0 saturated carbocycles. The van der Waals surface area contributed by atoms with Crippen LogP contribution in [0.25, 0.3) is 10.9 Å². The van der Waals surface area contributed by atoms with E-state index in [2.05, 4.69) is 4.98 Å². The summed E-state index contributed by atoms with van der Waals surface area (Å²) in [4.78, 5) is 5.40. The number of pyridine rings is 1. The molecule has 0 unspecified atom stereocenters. The summed E-state index contributed by atoms with van der Waals surface area (Å²) in [6.07, 6.45) is 3.75. The van der Waals surface area contributed by atoms with Crippen LogP contribution in [0.1, 0.15) is 11.1 Å². The number of nitrogens with two attached hydrogens (primary N) is 1. The van der Waals surface area contributed by atoms with E-state index in [1.165, 1.54) is 12.1 Å². The van der Waals surface area contributed by atoms with Crippen LogP contribution in [0.2, 0.25) is 0 Å². The van der Waals surface area contributed by atoms with Gasteiger partial charge in [0.05, 0.1) is 0 Å². The minimum Gasteiger partial charge on any atom is -0.342 e. The molecular weight excluding hydrogens is 364 g/mol. The standard InChI is InChI=1S/C21H17F2N3S/c22-16-7-15(8-17(23)10-16)12-26-13-20(27-21-3-1-2-6-25-21)18-5-4-14(11-24)9-19(18)26/h1-10,13H,11-12,24H2. The molecule has 2 aromatic carbocycles. The summed E-state index contributed by atoms with van der Waals surface area (Å²) in [6.45, 7) is 0.792. The number of aromatic nitrogens is 2. The summed E-state index contributed by atoms with van der Waals surface area (Å²) >= 11 is 1.56. The van der Waals surface area contributed by atoms with E-state index in [-0.39, 0.29) is 0 Å². The molecule has 4 aromatic rings. The van der Waals surface area contributed by atoms with Crippen molar-refractivity contribution >= 4 is 22.7 Å². The number of fused-ring (bicyclic) bond motifs is 1. The largest absolute Gasteiger partial charge is 0.342 e. The number of hydrogen-bond donors (Lipinski definition) is 1. The number of benzene rings is 2. The minimum absolute atomic E-state index is 0.363. The first-order chi connectivity index (χ1) is 13.1. The first-order valence-electron chi connectivity index (χ1n) is 8.48. The van der Waals surface area contributed by atoms with E-state index in [9.17, 15) is 8.78 Å². The molecule has 2 N–H and O–H groups in total. The molecule has 3 nitrogen and oxygen atoms in total. The Morgan fingerprint density at radius 2 is 1.78 bits per heavy atom. The first-order valence-corrected chi connectivity index (χ1v) is 9.30. The SMILES string of the molecule is NCc1ccc2c(Sc3ccccn3)cn(Cc3cc(F)cc(F)c3)c2c1. The third-order valence-corrected chi connectivity index (χ3v) is 5.27. The van der Waals surface area contributed by atoms with Gasteiger partial charge < -0.3 is 10.3 Å². The Kier molecular flexibility index (Phi) is 4.92. The molecule has 2 aromatic heterocycles. The quantitative estimate of drug-likeness (QED) is 0.531. The molecule has 6 heteroatoms. The van der Waals surface area contributed by atoms with Gasteiger partial charge in [-0.1, -0.05) is 30.0 Å². The zero-order valence-corrected chi connectivity index (χ0v) is 15.2. The van der Waals surface area contributed by atoms with E-state index in [4.69, 9.17) is 5.73 Å². The van der Waals surface area contributed by atoms with Crippen LogP contribution < -0.4 is 5.73 Å². The van der Waals surface area contributed by atoms with E-state index in [1.807, 2.05) is 47.2 Å². The van der Waals surface area contributed by atoms with Gasteiger partial charge in [-0.2, -0.15) is 0 Å². The van der Waals surface area contributed by atoms with Crippen molar-refractivity contribution in [3.63, 3.8) is 0 Å². The number of hydrogen-bond acceptors (Lipinski definition) is 3. The first kappa shape index (κ1) is 17.7. The van der Waals surface area contributed by atoms with Crippen LogP contribution in [-0.2, 0) is 13.1 Å². The lowest BCUT2D eigenvalue weighted by atomic mass is 10.1. The zero-order chi connectivity index (χ0) is 18.8. The van der Waals surface area contributed by atoms with Crippen LogP contribution in [0, 0.1) is 11.6 Å². The Morgan fingerprint density at radius 3 is 2.48 bits per heavy atom. The number of nitrogens with zero attached hydrogens (tertiary/aromatic N) is 2. The minimum atomic E-state index is -0.577. The third-order valence-electron chi connectivity index (χ3n) is 4.27. The Labute approximate surface area is 159 Å². The van der Waals surface area contributed by atoms with Crippen LogP contribution in [0.5, 0.6) is 0 Å². The van der Waals surface area contributed by atoms with Crippen LogP contribution in [0.3, 0.4) is 0 Å². The second-order valence-electron chi connectivity index (χ2n) is 6.22. The summed E-state index contributed by atoms with van der Waals surface area (Å²) in [7, 11) is 0. The fourth-order valence-corrected chi connectivity index (χ4v) is 4.01. The van der Waals surface area contributed by atoms with E-state index < -0.39 is 11.6 Å². The van der Waals surface area contributed by atoms with Gasteiger partial charge in [0.2, 0.25) is 0 Å².